The van der Waals surface area contributed by atoms with Crippen LogP contribution in [0.25, 0.3) is 0 Å². The lowest BCUT2D eigenvalue weighted by Gasteiger charge is -2.17. The van der Waals surface area contributed by atoms with Gasteiger partial charge >= 0.3 is 0 Å². The number of hydrogen-bond donors (Lipinski definition) is 1. The molecule has 0 atom stereocenters. The van der Waals surface area contributed by atoms with Gasteiger partial charge in [0.1, 0.15) is 11.6 Å². The van der Waals surface area contributed by atoms with Gasteiger partial charge in [0.05, 0.1) is 12.7 Å². The summed E-state index contributed by atoms with van der Waals surface area (Å²) in [5.41, 5.74) is 2.56. The molecule has 0 saturated heterocycles. The molecule has 4 heteroatoms. The molecule has 25 heavy (non-hydrogen) atoms. The van der Waals surface area contributed by atoms with Gasteiger partial charge in [-0.2, -0.15) is 5.26 Å². The number of hydrogen-bond acceptors (Lipinski definition) is 3. The quantitative estimate of drug-likeness (QED) is 0.692. The van der Waals surface area contributed by atoms with E-state index in [2.05, 4.69) is 17.5 Å². The maximum Gasteiger partial charge on any atom is 0.123 e. The lowest BCUT2D eigenvalue weighted by atomic mass is 9.96. The molecule has 0 aliphatic heterocycles. The number of nitrogens with zero attached hydrogens (tertiary/aromatic N) is 1. The summed E-state index contributed by atoms with van der Waals surface area (Å²) in [7, 11) is 0. The van der Waals surface area contributed by atoms with E-state index in [-0.39, 0.29) is 11.2 Å². The van der Waals surface area contributed by atoms with E-state index < -0.39 is 0 Å². The third kappa shape index (κ3) is 4.80. The first-order valence-corrected chi connectivity index (χ1v) is 8.77. The fourth-order valence-electron chi connectivity index (χ4n) is 3.05. The van der Waals surface area contributed by atoms with Crippen LogP contribution in [0.15, 0.2) is 48.5 Å². The maximum absolute atomic E-state index is 13.1. The molecule has 0 aromatic heterocycles. The summed E-state index contributed by atoms with van der Waals surface area (Å²) in [5.74, 6) is 0.663. The summed E-state index contributed by atoms with van der Waals surface area (Å²) in [5, 5.41) is 12.1. The van der Waals surface area contributed by atoms with Crippen LogP contribution in [0.2, 0.25) is 0 Å². The highest BCUT2D eigenvalue weighted by Gasteiger charge is 2.43. The Hall–Kier alpha value is -2.38. The van der Waals surface area contributed by atoms with Crippen LogP contribution in [0.4, 0.5) is 4.39 Å². The highest BCUT2D eigenvalue weighted by Crippen LogP contribution is 2.47. The molecule has 0 heterocycles. The maximum atomic E-state index is 13.1. The summed E-state index contributed by atoms with van der Waals surface area (Å²) < 4.78 is 18.8. The first kappa shape index (κ1) is 17.4. The van der Waals surface area contributed by atoms with Crippen molar-refractivity contribution in [2.75, 3.05) is 13.2 Å². The number of nitrogens with one attached hydrogen (secondary N) is 1. The number of nitriles is 1. The van der Waals surface area contributed by atoms with Crippen molar-refractivity contribution < 1.29 is 9.13 Å². The van der Waals surface area contributed by atoms with Crippen LogP contribution in [0.1, 0.15) is 36.8 Å². The Labute approximate surface area is 148 Å². The summed E-state index contributed by atoms with van der Waals surface area (Å²) in [6.45, 7) is 2.24. The smallest absolute Gasteiger partial charge is 0.123 e. The first-order valence-electron chi connectivity index (χ1n) is 8.77. The largest absolute Gasteiger partial charge is 0.494 e. The van der Waals surface area contributed by atoms with Crippen molar-refractivity contribution in [3.8, 4) is 11.8 Å². The van der Waals surface area contributed by atoms with Gasteiger partial charge in [-0.3, -0.25) is 0 Å². The second-order valence-corrected chi connectivity index (χ2v) is 6.65. The molecule has 1 fully saturated rings. The zero-order valence-corrected chi connectivity index (χ0v) is 14.3. The highest BCUT2D eigenvalue weighted by molar-refractivity contribution is 5.32. The predicted molar refractivity (Wildman–Crippen MR) is 95.8 cm³/mol. The summed E-state index contributed by atoms with van der Waals surface area (Å²) in [6.07, 6.45) is 3.56. The Morgan fingerprint density at radius 3 is 2.68 bits per heavy atom. The van der Waals surface area contributed by atoms with Gasteiger partial charge in [-0.1, -0.05) is 24.3 Å². The number of halogens is 1. The van der Waals surface area contributed by atoms with E-state index in [0.717, 1.165) is 38.1 Å². The zero-order chi connectivity index (χ0) is 17.5. The molecular weight excluding hydrogens is 315 g/mol. The van der Waals surface area contributed by atoms with Crippen molar-refractivity contribution in [3.63, 3.8) is 0 Å². The molecule has 1 N–H and O–H groups in total. The monoisotopic (exact) mass is 338 g/mol. The van der Waals surface area contributed by atoms with Gasteiger partial charge in [0.25, 0.3) is 0 Å². The lowest BCUT2D eigenvalue weighted by molar-refractivity contribution is 0.312. The van der Waals surface area contributed by atoms with Crippen molar-refractivity contribution in [1.29, 1.82) is 5.26 Å². The molecule has 0 bridgehead atoms. The second-order valence-electron chi connectivity index (χ2n) is 6.65. The van der Waals surface area contributed by atoms with Gasteiger partial charge in [-0.15, -0.1) is 0 Å². The number of benzene rings is 2. The number of unbranched alkanes of at least 4 members (excludes halogenated alkanes) is 1. The van der Waals surface area contributed by atoms with Crippen molar-refractivity contribution in [2.45, 2.75) is 37.6 Å². The molecule has 3 rings (SSSR count). The number of rotatable bonds is 9. The SMILES string of the molecule is N#CCCCOc1cccc(CNCC2(c3ccc(F)cc3)CC2)c1. The minimum atomic E-state index is -0.181. The average Bonchev–Trinajstić information content (AvgIpc) is 3.41. The van der Waals surface area contributed by atoms with Crippen molar-refractivity contribution in [2.24, 2.45) is 0 Å². The molecule has 2 aromatic carbocycles. The Kier molecular flexibility index (Phi) is 5.67. The average molecular weight is 338 g/mol. The van der Waals surface area contributed by atoms with Crippen molar-refractivity contribution in [1.82, 2.24) is 5.32 Å². The minimum absolute atomic E-state index is 0.166. The van der Waals surface area contributed by atoms with E-state index >= 15 is 0 Å². The number of ether oxygens (including phenoxy) is 1. The molecule has 2 aromatic rings. The van der Waals surface area contributed by atoms with Crippen LogP contribution in [-0.4, -0.2) is 13.2 Å². The molecule has 0 spiro atoms. The second kappa shape index (κ2) is 8.13. The molecule has 0 unspecified atom stereocenters. The third-order valence-corrected chi connectivity index (χ3v) is 4.70. The van der Waals surface area contributed by atoms with E-state index in [1.165, 1.54) is 11.1 Å². The van der Waals surface area contributed by atoms with Crippen molar-refractivity contribution >= 4 is 0 Å². The van der Waals surface area contributed by atoms with Gasteiger partial charge in [-0.25, -0.2) is 4.39 Å². The van der Waals surface area contributed by atoms with Gasteiger partial charge < -0.3 is 10.1 Å². The van der Waals surface area contributed by atoms with Gasteiger partial charge in [0.2, 0.25) is 0 Å². The van der Waals surface area contributed by atoms with Crippen LogP contribution in [0, 0.1) is 17.1 Å². The fraction of sp³-hybridized carbons (Fsp3) is 0.381. The third-order valence-electron chi connectivity index (χ3n) is 4.70. The van der Waals surface area contributed by atoms with Gasteiger partial charge in [-0.05, 0) is 54.7 Å². The van der Waals surface area contributed by atoms with E-state index in [9.17, 15) is 4.39 Å². The highest BCUT2D eigenvalue weighted by atomic mass is 19.1. The Bertz CT molecular complexity index is 732. The van der Waals surface area contributed by atoms with Crippen LogP contribution in [-0.2, 0) is 12.0 Å². The molecule has 130 valence electrons. The van der Waals surface area contributed by atoms with Crippen LogP contribution in [0.5, 0.6) is 5.75 Å². The predicted octanol–water partition coefficient (Wildman–Crippen LogP) is 4.33. The lowest BCUT2D eigenvalue weighted by Crippen LogP contribution is -2.26. The van der Waals surface area contributed by atoms with Crippen molar-refractivity contribution in [3.05, 3.63) is 65.5 Å². The normalized spacial score (nSPS) is 14.7. The Morgan fingerprint density at radius 2 is 1.96 bits per heavy atom. The van der Waals surface area contributed by atoms with E-state index in [1.807, 2.05) is 30.3 Å². The Morgan fingerprint density at radius 1 is 1.16 bits per heavy atom. The van der Waals surface area contributed by atoms with Crippen LogP contribution in [0.3, 0.4) is 0 Å². The molecule has 0 amide bonds. The fourth-order valence-corrected chi connectivity index (χ4v) is 3.05. The standard InChI is InChI=1S/C21H23FN2O/c22-19-8-6-18(7-9-19)21(10-11-21)16-24-15-17-4-3-5-20(14-17)25-13-2-1-12-23/h3-9,14,24H,1-2,10-11,13,15-16H2. The summed E-state index contributed by atoms with van der Waals surface area (Å²) >= 11 is 0. The molecule has 1 aliphatic carbocycles. The van der Waals surface area contributed by atoms with E-state index in [1.54, 1.807) is 12.1 Å². The molecular formula is C21H23FN2O. The molecule has 1 saturated carbocycles. The Balaban J connectivity index is 1.49. The van der Waals surface area contributed by atoms with E-state index in [0.29, 0.717) is 13.0 Å². The topological polar surface area (TPSA) is 45.0 Å². The molecule has 3 nitrogen and oxygen atoms in total. The molecule has 0 radical (unpaired) electrons. The molecule has 1 aliphatic rings. The van der Waals surface area contributed by atoms with Crippen LogP contribution < -0.4 is 10.1 Å². The summed E-state index contributed by atoms with van der Waals surface area (Å²) in [4.78, 5) is 0. The summed E-state index contributed by atoms with van der Waals surface area (Å²) in [6, 6.07) is 17.1. The zero-order valence-electron chi connectivity index (χ0n) is 14.3. The van der Waals surface area contributed by atoms with E-state index in [4.69, 9.17) is 10.00 Å². The van der Waals surface area contributed by atoms with Crippen LogP contribution >= 0.6 is 0 Å². The van der Waals surface area contributed by atoms with Gasteiger partial charge in [0, 0.05) is 24.9 Å². The van der Waals surface area contributed by atoms with Gasteiger partial charge in [0.15, 0.2) is 0 Å². The minimum Gasteiger partial charge on any atom is -0.494 e. The first-order chi connectivity index (χ1) is 12.2.